The van der Waals surface area contributed by atoms with Crippen molar-refractivity contribution >= 4 is 39.1 Å². The second kappa shape index (κ2) is 6.84. The summed E-state index contributed by atoms with van der Waals surface area (Å²) in [5.74, 6) is 0. The molecule has 9 heteroatoms. The van der Waals surface area contributed by atoms with Crippen molar-refractivity contribution in [1.29, 1.82) is 0 Å². The quantitative estimate of drug-likeness (QED) is 0.733. The largest absolute Gasteiger partial charge is 0.311 e. The molecule has 1 aromatic heterocycles. The van der Waals surface area contributed by atoms with Crippen LogP contribution in [-0.2, 0) is 17.1 Å². The van der Waals surface area contributed by atoms with Gasteiger partial charge in [-0.15, -0.1) is 10.2 Å². The van der Waals surface area contributed by atoms with Crippen molar-refractivity contribution in [2.45, 2.75) is 14.9 Å². The van der Waals surface area contributed by atoms with Gasteiger partial charge >= 0.3 is 0 Å². The lowest BCUT2D eigenvalue weighted by Gasteiger charge is -2.09. The van der Waals surface area contributed by atoms with Gasteiger partial charge in [0.1, 0.15) is 6.33 Å². The van der Waals surface area contributed by atoms with Crippen LogP contribution in [0.4, 0.5) is 5.69 Å². The van der Waals surface area contributed by atoms with Gasteiger partial charge < -0.3 is 4.57 Å². The number of anilines is 1. The van der Waals surface area contributed by atoms with E-state index >= 15 is 0 Å². The Morgan fingerprint density at radius 2 is 1.75 bits per heavy atom. The zero-order valence-corrected chi connectivity index (χ0v) is 14.9. The van der Waals surface area contributed by atoms with E-state index < -0.39 is 10.0 Å². The Bertz CT molecular complexity index is 938. The van der Waals surface area contributed by atoms with E-state index in [0.717, 1.165) is 10.1 Å². The van der Waals surface area contributed by atoms with Gasteiger partial charge in [-0.1, -0.05) is 11.6 Å². The van der Waals surface area contributed by atoms with E-state index in [0.29, 0.717) is 10.7 Å². The van der Waals surface area contributed by atoms with Crippen molar-refractivity contribution in [3.63, 3.8) is 0 Å². The van der Waals surface area contributed by atoms with Crippen LogP contribution >= 0.6 is 23.4 Å². The van der Waals surface area contributed by atoms with Crippen LogP contribution in [0.25, 0.3) is 0 Å². The van der Waals surface area contributed by atoms with Gasteiger partial charge in [0, 0.05) is 22.7 Å². The molecule has 0 amide bonds. The highest BCUT2D eigenvalue weighted by Gasteiger charge is 2.14. The molecule has 0 saturated heterocycles. The summed E-state index contributed by atoms with van der Waals surface area (Å²) in [5.41, 5.74) is 0.479. The summed E-state index contributed by atoms with van der Waals surface area (Å²) < 4.78 is 29.0. The van der Waals surface area contributed by atoms with Crippen LogP contribution in [0, 0.1) is 0 Å². The van der Waals surface area contributed by atoms with Crippen molar-refractivity contribution in [2.24, 2.45) is 7.05 Å². The second-order valence-electron chi connectivity index (χ2n) is 4.91. The number of aromatic nitrogens is 3. The zero-order chi connectivity index (χ0) is 17.2. The third-order valence-electron chi connectivity index (χ3n) is 3.11. The lowest BCUT2D eigenvalue weighted by atomic mass is 10.3. The van der Waals surface area contributed by atoms with E-state index in [2.05, 4.69) is 14.9 Å². The molecule has 0 atom stereocenters. The van der Waals surface area contributed by atoms with Crippen LogP contribution in [0.2, 0.25) is 5.02 Å². The fourth-order valence-electron chi connectivity index (χ4n) is 1.89. The topological polar surface area (TPSA) is 76.9 Å². The van der Waals surface area contributed by atoms with Gasteiger partial charge in [0.15, 0.2) is 5.16 Å². The molecule has 3 aromatic rings. The Morgan fingerprint density at radius 3 is 2.33 bits per heavy atom. The van der Waals surface area contributed by atoms with Crippen molar-refractivity contribution < 1.29 is 8.42 Å². The molecule has 0 spiro atoms. The Morgan fingerprint density at radius 1 is 1.08 bits per heavy atom. The lowest BCUT2D eigenvalue weighted by molar-refractivity contribution is 0.601. The summed E-state index contributed by atoms with van der Waals surface area (Å²) >= 11 is 7.22. The van der Waals surface area contributed by atoms with Gasteiger partial charge in [0.25, 0.3) is 10.0 Å². The number of nitrogens with zero attached hydrogens (tertiary/aromatic N) is 3. The molecule has 1 N–H and O–H groups in total. The second-order valence-corrected chi connectivity index (χ2v) is 8.07. The number of hydrogen-bond donors (Lipinski definition) is 1. The first-order chi connectivity index (χ1) is 11.4. The lowest BCUT2D eigenvalue weighted by Crippen LogP contribution is -2.12. The van der Waals surface area contributed by atoms with Crippen molar-refractivity contribution in [2.75, 3.05) is 4.72 Å². The number of sulfonamides is 1. The van der Waals surface area contributed by atoms with Gasteiger partial charge in [0.2, 0.25) is 0 Å². The van der Waals surface area contributed by atoms with Crippen LogP contribution < -0.4 is 4.72 Å². The van der Waals surface area contributed by atoms with Gasteiger partial charge in [-0.25, -0.2) is 8.42 Å². The summed E-state index contributed by atoms with van der Waals surface area (Å²) in [4.78, 5) is 1.09. The molecule has 2 aromatic carbocycles. The maximum absolute atomic E-state index is 12.3. The predicted molar refractivity (Wildman–Crippen MR) is 93.8 cm³/mol. The van der Waals surface area contributed by atoms with Crippen LogP contribution in [0.1, 0.15) is 0 Å². The fraction of sp³-hybridized carbons (Fsp3) is 0.0667. The van der Waals surface area contributed by atoms with Gasteiger partial charge in [-0.3, -0.25) is 4.72 Å². The maximum Gasteiger partial charge on any atom is 0.261 e. The van der Waals surface area contributed by atoms with Crippen LogP contribution in [0.3, 0.4) is 0 Å². The Balaban J connectivity index is 1.74. The first-order valence-corrected chi connectivity index (χ1v) is 9.52. The Hall–Kier alpha value is -2.03. The number of rotatable bonds is 5. The van der Waals surface area contributed by atoms with Gasteiger partial charge in [-0.2, -0.15) is 0 Å². The molecular weight excluding hydrogens is 368 g/mol. The van der Waals surface area contributed by atoms with Crippen molar-refractivity contribution in [3.8, 4) is 0 Å². The van der Waals surface area contributed by atoms with Crippen LogP contribution in [-0.4, -0.2) is 23.2 Å². The molecule has 0 aliphatic heterocycles. The zero-order valence-electron chi connectivity index (χ0n) is 12.5. The molecule has 1 heterocycles. The van der Waals surface area contributed by atoms with Crippen LogP contribution in [0.5, 0.6) is 0 Å². The summed E-state index contributed by atoms with van der Waals surface area (Å²) in [6.07, 6.45) is 1.62. The van der Waals surface area contributed by atoms with Crippen molar-refractivity contribution in [3.05, 3.63) is 59.9 Å². The summed E-state index contributed by atoms with van der Waals surface area (Å²) in [7, 11) is -1.78. The molecule has 0 bridgehead atoms. The molecule has 0 radical (unpaired) electrons. The minimum Gasteiger partial charge on any atom is -0.311 e. The number of benzene rings is 2. The molecule has 0 aliphatic carbocycles. The van der Waals surface area contributed by atoms with E-state index in [1.54, 1.807) is 18.5 Å². The Labute approximate surface area is 148 Å². The minimum atomic E-state index is -3.64. The predicted octanol–water partition coefficient (Wildman–Crippen LogP) is 3.42. The summed E-state index contributed by atoms with van der Waals surface area (Å²) in [6.45, 7) is 0. The smallest absolute Gasteiger partial charge is 0.261 e. The number of halogens is 1. The standard InChI is InChI=1S/C15H13ClN4O2S2/c1-20-10-17-18-15(20)23-13-6-4-12(5-7-13)19-24(21,22)14-8-2-11(16)3-9-14/h2-10,19H,1H3. The molecule has 124 valence electrons. The number of aryl methyl sites for hydroxylation is 1. The van der Waals surface area contributed by atoms with E-state index in [-0.39, 0.29) is 4.90 Å². The molecule has 24 heavy (non-hydrogen) atoms. The first-order valence-electron chi connectivity index (χ1n) is 6.84. The highest BCUT2D eigenvalue weighted by atomic mass is 35.5. The minimum absolute atomic E-state index is 0.157. The van der Waals surface area contributed by atoms with Crippen molar-refractivity contribution in [1.82, 2.24) is 14.8 Å². The Kier molecular flexibility index (Phi) is 4.79. The van der Waals surface area contributed by atoms with E-state index in [4.69, 9.17) is 11.6 Å². The molecule has 6 nitrogen and oxygen atoms in total. The van der Waals surface area contributed by atoms with Gasteiger partial charge in [0.05, 0.1) is 4.90 Å². The number of hydrogen-bond acceptors (Lipinski definition) is 5. The monoisotopic (exact) mass is 380 g/mol. The summed E-state index contributed by atoms with van der Waals surface area (Å²) in [5, 5.41) is 9.05. The van der Waals surface area contributed by atoms with Gasteiger partial charge in [-0.05, 0) is 60.3 Å². The number of nitrogens with one attached hydrogen (secondary N) is 1. The third-order valence-corrected chi connectivity index (χ3v) is 5.82. The maximum atomic E-state index is 12.3. The highest BCUT2D eigenvalue weighted by molar-refractivity contribution is 7.99. The average Bonchev–Trinajstić information content (AvgIpc) is 2.94. The third kappa shape index (κ3) is 3.89. The first kappa shape index (κ1) is 16.8. The molecule has 0 unspecified atom stereocenters. The van der Waals surface area contributed by atoms with E-state index in [1.165, 1.54) is 36.0 Å². The molecule has 0 fully saturated rings. The molecule has 3 rings (SSSR count). The fourth-order valence-corrected chi connectivity index (χ4v) is 3.84. The molecular formula is C15H13ClN4O2S2. The molecule has 0 saturated carbocycles. The van der Waals surface area contributed by atoms with E-state index in [9.17, 15) is 8.42 Å². The molecule has 0 aliphatic rings. The SMILES string of the molecule is Cn1cnnc1Sc1ccc(NS(=O)(=O)c2ccc(Cl)cc2)cc1. The van der Waals surface area contributed by atoms with Crippen LogP contribution in [0.15, 0.2) is 69.8 Å². The highest BCUT2D eigenvalue weighted by Crippen LogP contribution is 2.27. The summed E-state index contributed by atoms with van der Waals surface area (Å²) in [6, 6.07) is 13.0. The average molecular weight is 381 g/mol. The van der Waals surface area contributed by atoms with E-state index in [1.807, 2.05) is 23.7 Å². The normalized spacial score (nSPS) is 11.4.